The van der Waals surface area contributed by atoms with E-state index in [1.54, 1.807) is 24.3 Å². The number of nitrogens with one attached hydrogen (secondary N) is 1. The molecule has 1 amide bonds. The van der Waals surface area contributed by atoms with Gasteiger partial charge < -0.3 is 23.9 Å². The van der Waals surface area contributed by atoms with Gasteiger partial charge in [0.15, 0.2) is 17.3 Å². The summed E-state index contributed by atoms with van der Waals surface area (Å²) in [6, 6.07) is 15.0. The minimum atomic E-state index is -0.519. The van der Waals surface area contributed by atoms with Gasteiger partial charge in [-0.25, -0.2) is 4.39 Å². The van der Waals surface area contributed by atoms with Crippen molar-refractivity contribution in [2.45, 2.75) is 0 Å². The van der Waals surface area contributed by atoms with E-state index in [-0.39, 0.29) is 22.6 Å². The van der Waals surface area contributed by atoms with Gasteiger partial charge in [0.2, 0.25) is 11.5 Å². The summed E-state index contributed by atoms with van der Waals surface area (Å²) in [6.07, 6.45) is 0. The van der Waals surface area contributed by atoms with Crippen LogP contribution in [0.4, 0.5) is 10.1 Å². The Balaban J connectivity index is 1.77. The molecule has 0 aliphatic carbocycles. The zero-order valence-electron chi connectivity index (χ0n) is 18.1. The highest BCUT2D eigenvalue weighted by atomic mass is 19.1. The van der Waals surface area contributed by atoms with E-state index in [0.29, 0.717) is 28.2 Å². The standard InChI is InChI=1S/C25H20FNO6/c1-30-19-12-15(13-20(31-2)23(19)32-3)25(29)27-21-17-6-4-5-7-18(17)33-24(21)22(28)14-8-10-16(26)11-9-14/h4-13H,1-3H3,(H,27,29). The number of amides is 1. The smallest absolute Gasteiger partial charge is 0.256 e. The van der Waals surface area contributed by atoms with Crippen LogP contribution in [0.5, 0.6) is 17.2 Å². The van der Waals surface area contributed by atoms with Crippen molar-refractivity contribution in [3.05, 3.63) is 83.4 Å². The summed E-state index contributed by atoms with van der Waals surface area (Å²) in [5.41, 5.74) is 1.07. The number of fused-ring (bicyclic) bond motifs is 1. The second-order valence-corrected chi connectivity index (χ2v) is 7.01. The molecule has 7 nitrogen and oxygen atoms in total. The van der Waals surface area contributed by atoms with Crippen LogP contribution >= 0.6 is 0 Å². The summed E-state index contributed by atoms with van der Waals surface area (Å²) >= 11 is 0. The highest BCUT2D eigenvalue weighted by molar-refractivity contribution is 6.19. The van der Waals surface area contributed by atoms with Crippen LogP contribution in [-0.4, -0.2) is 33.0 Å². The number of ether oxygens (including phenoxy) is 3. The Morgan fingerprint density at radius 2 is 1.48 bits per heavy atom. The second kappa shape index (κ2) is 9.04. The average Bonchev–Trinajstić information content (AvgIpc) is 3.21. The fourth-order valence-corrected chi connectivity index (χ4v) is 3.46. The molecule has 4 aromatic rings. The van der Waals surface area contributed by atoms with Crippen molar-refractivity contribution >= 4 is 28.3 Å². The maximum Gasteiger partial charge on any atom is 0.256 e. The van der Waals surface area contributed by atoms with Crippen molar-refractivity contribution < 1.29 is 32.6 Å². The minimum absolute atomic E-state index is 0.0661. The normalized spacial score (nSPS) is 10.7. The van der Waals surface area contributed by atoms with Crippen LogP contribution in [0.3, 0.4) is 0 Å². The molecular weight excluding hydrogens is 429 g/mol. The monoisotopic (exact) mass is 449 g/mol. The molecule has 0 bridgehead atoms. The van der Waals surface area contributed by atoms with E-state index in [9.17, 15) is 14.0 Å². The molecule has 0 radical (unpaired) electrons. The topological polar surface area (TPSA) is 87.0 Å². The number of hydrogen-bond acceptors (Lipinski definition) is 6. The van der Waals surface area contributed by atoms with Crippen molar-refractivity contribution in [3.8, 4) is 17.2 Å². The van der Waals surface area contributed by atoms with Gasteiger partial charge in [-0.2, -0.15) is 0 Å². The Bertz CT molecular complexity index is 1320. The number of ketones is 1. The number of hydrogen-bond donors (Lipinski definition) is 1. The van der Waals surface area contributed by atoms with E-state index in [2.05, 4.69) is 5.32 Å². The van der Waals surface area contributed by atoms with E-state index in [1.807, 2.05) is 0 Å². The highest BCUT2D eigenvalue weighted by Gasteiger charge is 2.25. The quantitative estimate of drug-likeness (QED) is 0.396. The Labute approximate surface area is 188 Å². The van der Waals surface area contributed by atoms with Gasteiger partial charge in [0.1, 0.15) is 11.4 Å². The molecular formula is C25H20FNO6. The van der Waals surface area contributed by atoms with Gasteiger partial charge in [0.25, 0.3) is 5.91 Å². The van der Waals surface area contributed by atoms with Gasteiger partial charge in [0.05, 0.1) is 27.0 Å². The largest absolute Gasteiger partial charge is 0.493 e. The number of carbonyl (C=O) groups is 2. The van der Waals surface area contributed by atoms with Crippen molar-refractivity contribution in [2.24, 2.45) is 0 Å². The highest BCUT2D eigenvalue weighted by Crippen LogP contribution is 2.39. The molecule has 0 unspecified atom stereocenters. The first-order valence-corrected chi connectivity index (χ1v) is 9.90. The zero-order chi connectivity index (χ0) is 23.5. The minimum Gasteiger partial charge on any atom is -0.493 e. The third-order valence-corrected chi connectivity index (χ3v) is 5.07. The number of methoxy groups -OCH3 is 3. The summed E-state index contributed by atoms with van der Waals surface area (Å²) in [6.45, 7) is 0. The number of anilines is 1. The molecule has 0 fully saturated rings. The van der Waals surface area contributed by atoms with Gasteiger partial charge in [-0.1, -0.05) is 12.1 Å². The third-order valence-electron chi connectivity index (χ3n) is 5.07. The molecule has 0 aliphatic rings. The molecule has 168 valence electrons. The Morgan fingerprint density at radius 3 is 2.09 bits per heavy atom. The first kappa shape index (κ1) is 21.9. The van der Waals surface area contributed by atoms with Crippen LogP contribution in [-0.2, 0) is 0 Å². The molecule has 4 rings (SSSR count). The molecule has 1 aromatic heterocycles. The number of carbonyl (C=O) groups excluding carboxylic acids is 2. The van der Waals surface area contributed by atoms with Crippen molar-refractivity contribution in [1.82, 2.24) is 0 Å². The Morgan fingerprint density at radius 1 is 0.848 bits per heavy atom. The van der Waals surface area contributed by atoms with E-state index in [1.165, 1.54) is 57.7 Å². The fraction of sp³-hybridized carbons (Fsp3) is 0.120. The molecule has 0 spiro atoms. The maximum atomic E-state index is 13.3. The van der Waals surface area contributed by atoms with E-state index in [4.69, 9.17) is 18.6 Å². The molecule has 0 atom stereocenters. The molecule has 8 heteroatoms. The lowest BCUT2D eigenvalue weighted by Gasteiger charge is -2.14. The Hall–Kier alpha value is -4.33. The van der Waals surface area contributed by atoms with Crippen LogP contribution in [0.15, 0.2) is 65.1 Å². The molecule has 0 saturated carbocycles. The van der Waals surface area contributed by atoms with Crippen molar-refractivity contribution in [1.29, 1.82) is 0 Å². The van der Waals surface area contributed by atoms with Crippen LogP contribution in [0.25, 0.3) is 11.0 Å². The molecule has 1 N–H and O–H groups in total. The predicted octanol–water partition coefficient (Wildman–Crippen LogP) is 5.08. The van der Waals surface area contributed by atoms with Crippen molar-refractivity contribution in [3.63, 3.8) is 0 Å². The number of benzene rings is 3. The van der Waals surface area contributed by atoms with Crippen LogP contribution in [0.2, 0.25) is 0 Å². The first-order valence-electron chi connectivity index (χ1n) is 9.90. The first-order chi connectivity index (χ1) is 16.0. The fourth-order valence-electron chi connectivity index (χ4n) is 3.46. The molecule has 33 heavy (non-hydrogen) atoms. The molecule has 0 saturated heterocycles. The lowest BCUT2D eigenvalue weighted by molar-refractivity contribution is 0.101. The van der Waals surface area contributed by atoms with Gasteiger partial charge in [-0.05, 0) is 48.5 Å². The second-order valence-electron chi connectivity index (χ2n) is 7.01. The van der Waals surface area contributed by atoms with Crippen LogP contribution in [0, 0.1) is 5.82 Å². The zero-order valence-corrected chi connectivity index (χ0v) is 18.1. The summed E-state index contributed by atoms with van der Waals surface area (Å²) in [7, 11) is 4.36. The summed E-state index contributed by atoms with van der Waals surface area (Å²) < 4.78 is 35.0. The van der Waals surface area contributed by atoms with E-state index < -0.39 is 17.5 Å². The predicted molar refractivity (Wildman–Crippen MR) is 120 cm³/mol. The van der Waals surface area contributed by atoms with Gasteiger partial charge >= 0.3 is 0 Å². The van der Waals surface area contributed by atoms with Crippen molar-refractivity contribution in [2.75, 3.05) is 26.6 Å². The van der Waals surface area contributed by atoms with E-state index >= 15 is 0 Å². The Kier molecular flexibility index (Phi) is 5.99. The van der Waals surface area contributed by atoms with Gasteiger partial charge in [0, 0.05) is 16.5 Å². The van der Waals surface area contributed by atoms with E-state index in [0.717, 1.165) is 0 Å². The number of rotatable bonds is 7. The molecule has 3 aromatic carbocycles. The molecule has 1 heterocycles. The lowest BCUT2D eigenvalue weighted by atomic mass is 10.1. The number of para-hydroxylation sites is 1. The third kappa shape index (κ3) is 4.10. The SMILES string of the molecule is COc1cc(C(=O)Nc2c(C(=O)c3ccc(F)cc3)oc3ccccc23)cc(OC)c1OC. The van der Waals surface area contributed by atoms with Crippen LogP contribution < -0.4 is 19.5 Å². The maximum absolute atomic E-state index is 13.3. The number of furan rings is 1. The van der Waals surface area contributed by atoms with Gasteiger partial charge in [-0.15, -0.1) is 0 Å². The van der Waals surface area contributed by atoms with Crippen LogP contribution in [0.1, 0.15) is 26.5 Å². The summed E-state index contributed by atoms with van der Waals surface area (Å²) in [5, 5.41) is 3.32. The molecule has 0 aliphatic heterocycles. The number of halogens is 1. The summed E-state index contributed by atoms with van der Waals surface area (Å²) in [4.78, 5) is 26.3. The van der Waals surface area contributed by atoms with Gasteiger partial charge in [-0.3, -0.25) is 9.59 Å². The lowest BCUT2D eigenvalue weighted by Crippen LogP contribution is -2.15. The average molecular weight is 449 g/mol. The summed E-state index contributed by atoms with van der Waals surface area (Å²) in [5.74, 6) is -0.586.